The molecule has 0 spiro atoms. The maximum absolute atomic E-state index is 10.9. The van der Waals surface area contributed by atoms with Crippen LogP contribution >= 0.6 is 0 Å². The molecule has 92 valence electrons. The molecule has 17 heavy (non-hydrogen) atoms. The molecular formula is C13H17NO3. The fraction of sp³-hybridized carbons (Fsp3) is 0.462. The molecule has 1 aromatic carbocycles. The zero-order chi connectivity index (χ0) is 12.3. The highest BCUT2D eigenvalue weighted by atomic mass is 16.5. The number of carboxylic acid groups (broad SMARTS) is 1. The lowest BCUT2D eigenvalue weighted by atomic mass is 10.1. The van der Waals surface area contributed by atoms with Gasteiger partial charge in [-0.2, -0.15) is 0 Å². The smallest absolute Gasteiger partial charge is 0.334 e. The topological polar surface area (TPSA) is 49.8 Å². The van der Waals surface area contributed by atoms with E-state index in [2.05, 4.69) is 24.0 Å². The summed E-state index contributed by atoms with van der Waals surface area (Å²) in [6.07, 6.45) is -0.699. The van der Waals surface area contributed by atoms with Gasteiger partial charge in [0, 0.05) is 19.1 Å². The first-order valence-corrected chi connectivity index (χ1v) is 5.82. The van der Waals surface area contributed by atoms with Crippen molar-refractivity contribution in [1.82, 2.24) is 4.90 Å². The van der Waals surface area contributed by atoms with Gasteiger partial charge in [-0.1, -0.05) is 30.3 Å². The third-order valence-corrected chi connectivity index (χ3v) is 3.20. The number of rotatable bonds is 3. The Hall–Kier alpha value is -1.39. The van der Waals surface area contributed by atoms with Gasteiger partial charge in [-0.25, -0.2) is 4.79 Å². The molecule has 1 aromatic rings. The van der Waals surface area contributed by atoms with Crippen LogP contribution in [0.5, 0.6) is 0 Å². The van der Waals surface area contributed by atoms with Crippen LogP contribution in [0.25, 0.3) is 0 Å². The zero-order valence-electron chi connectivity index (χ0n) is 9.87. The van der Waals surface area contributed by atoms with Crippen LogP contribution < -0.4 is 0 Å². The standard InChI is InChI=1S/C13H17NO3/c1-10(11-5-3-2-4-6-11)14-7-8-17-12(9-14)13(15)16/h2-6,10,12H,7-9H2,1H3,(H,15,16). The van der Waals surface area contributed by atoms with Crippen molar-refractivity contribution in [3.8, 4) is 0 Å². The van der Waals surface area contributed by atoms with Gasteiger partial charge >= 0.3 is 5.97 Å². The maximum atomic E-state index is 10.9. The molecule has 4 heteroatoms. The molecule has 0 bridgehead atoms. The van der Waals surface area contributed by atoms with Gasteiger partial charge in [0.05, 0.1) is 6.61 Å². The van der Waals surface area contributed by atoms with Crippen molar-refractivity contribution < 1.29 is 14.6 Å². The molecule has 4 nitrogen and oxygen atoms in total. The number of carbonyl (C=O) groups is 1. The summed E-state index contributed by atoms with van der Waals surface area (Å²) in [7, 11) is 0. The molecule has 1 heterocycles. The number of hydrogen-bond acceptors (Lipinski definition) is 3. The van der Waals surface area contributed by atoms with E-state index in [4.69, 9.17) is 9.84 Å². The third-order valence-electron chi connectivity index (χ3n) is 3.20. The Bertz CT molecular complexity index is 380. The second-order valence-electron chi connectivity index (χ2n) is 4.28. The van der Waals surface area contributed by atoms with Gasteiger partial charge in [0.2, 0.25) is 0 Å². The maximum Gasteiger partial charge on any atom is 0.334 e. The fourth-order valence-electron chi connectivity index (χ4n) is 2.11. The molecule has 1 saturated heterocycles. The molecule has 1 fully saturated rings. The third kappa shape index (κ3) is 2.84. The lowest BCUT2D eigenvalue weighted by Gasteiger charge is -2.35. The summed E-state index contributed by atoms with van der Waals surface area (Å²) in [5.74, 6) is -0.880. The van der Waals surface area contributed by atoms with Crippen LogP contribution in [-0.2, 0) is 9.53 Å². The Labute approximate surface area is 101 Å². The van der Waals surface area contributed by atoms with Crippen molar-refractivity contribution in [2.24, 2.45) is 0 Å². The van der Waals surface area contributed by atoms with Gasteiger partial charge in [-0.3, -0.25) is 4.90 Å². The molecule has 1 aliphatic heterocycles. The normalized spacial score (nSPS) is 23.2. The number of nitrogens with zero attached hydrogens (tertiary/aromatic N) is 1. The molecule has 2 rings (SSSR count). The summed E-state index contributed by atoms with van der Waals surface area (Å²) in [6.45, 7) is 3.80. The van der Waals surface area contributed by atoms with E-state index in [0.29, 0.717) is 13.2 Å². The molecule has 1 aliphatic rings. The molecule has 2 unspecified atom stereocenters. The summed E-state index contributed by atoms with van der Waals surface area (Å²) in [5.41, 5.74) is 1.21. The molecule has 0 radical (unpaired) electrons. The molecule has 0 aromatic heterocycles. The van der Waals surface area contributed by atoms with Gasteiger partial charge in [0.15, 0.2) is 6.10 Å². The Morgan fingerprint density at radius 1 is 1.47 bits per heavy atom. The van der Waals surface area contributed by atoms with Gasteiger partial charge < -0.3 is 9.84 Å². The Morgan fingerprint density at radius 3 is 2.82 bits per heavy atom. The molecule has 0 saturated carbocycles. The largest absolute Gasteiger partial charge is 0.479 e. The second-order valence-corrected chi connectivity index (χ2v) is 4.28. The van der Waals surface area contributed by atoms with Crippen LogP contribution in [0.3, 0.4) is 0 Å². The van der Waals surface area contributed by atoms with Crippen molar-refractivity contribution in [2.45, 2.75) is 19.1 Å². The van der Waals surface area contributed by atoms with Gasteiger partial charge in [-0.15, -0.1) is 0 Å². The van der Waals surface area contributed by atoms with Crippen molar-refractivity contribution in [3.63, 3.8) is 0 Å². The highest BCUT2D eigenvalue weighted by Crippen LogP contribution is 2.22. The highest BCUT2D eigenvalue weighted by molar-refractivity contribution is 5.72. The Morgan fingerprint density at radius 2 is 2.18 bits per heavy atom. The predicted octanol–water partition coefficient (Wildman–Crippen LogP) is 1.53. The first-order valence-electron chi connectivity index (χ1n) is 5.82. The van der Waals surface area contributed by atoms with E-state index in [-0.39, 0.29) is 6.04 Å². The quantitative estimate of drug-likeness (QED) is 0.863. The SMILES string of the molecule is CC(c1ccccc1)N1CCOC(C(=O)O)C1. The molecule has 2 atom stereocenters. The van der Waals surface area contributed by atoms with Crippen molar-refractivity contribution in [3.05, 3.63) is 35.9 Å². The van der Waals surface area contributed by atoms with Crippen LogP contribution in [-0.4, -0.2) is 41.8 Å². The summed E-state index contributed by atoms with van der Waals surface area (Å²) >= 11 is 0. The number of aliphatic carboxylic acids is 1. The predicted molar refractivity (Wildman–Crippen MR) is 63.8 cm³/mol. The number of benzene rings is 1. The average Bonchev–Trinajstić information content (AvgIpc) is 2.39. The summed E-state index contributed by atoms with van der Waals surface area (Å²) < 4.78 is 5.21. The minimum atomic E-state index is -0.880. The van der Waals surface area contributed by atoms with Crippen LogP contribution in [0.4, 0.5) is 0 Å². The molecule has 1 N–H and O–H groups in total. The minimum Gasteiger partial charge on any atom is -0.479 e. The van der Waals surface area contributed by atoms with Crippen molar-refractivity contribution in [2.75, 3.05) is 19.7 Å². The van der Waals surface area contributed by atoms with E-state index in [0.717, 1.165) is 6.54 Å². The van der Waals surface area contributed by atoms with Crippen molar-refractivity contribution in [1.29, 1.82) is 0 Å². The summed E-state index contributed by atoms with van der Waals surface area (Å²) in [4.78, 5) is 13.1. The van der Waals surface area contributed by atoms with E-state index >= 15 is 0 Å². The van der Waals surface area contributed by atoms with E-state index < -0.39 is 12.1 Å². The zero-order valence-corrected chi connectivity index (χ0v) is 9.87. The number of morpholine rings is 1. The van der Waals surface area contributed by atoms with E-state index in [1.165, 1.54) is 5.56 Å². The molecule has 0 aliphatic carbocycles. The van der Waals surface area contributed by atoms with Crippen molar-refractivity contribution >= 4 is 5.97 Å². The van der Waals surface area contributed by atoms with E-state index in [1.807, 2.05) is 18.2 Å². The molecule has 0 amide bonds. The summed E-state index contributed by atoms with van der Waals surface area (Å²) in [5, 5.41) is 8.96. The monoisotopic (exact) mass is 235 g/mol. The molecular weight excluding hydrogens is 218 g/mol. The van der Waals surface area contributed by atoms with Crippen LogP contribution in [0.15, 0.2) is 30.3 Å². The van der Waals surface area contributed by atoms with Gasteiger partial charge in [-0.05, 0) is 12.5 Å². The van der Waals surface area contributed by atoms with E-state index in [1.54, 1.807) is 0 Å². The lowest BCUT2D eigenvalue weighted by Crippen LogP contribution is -2.46. The second kappa shape index (κ2) is 5.29. The van der Waals surface area contributed by atoms with Crippen LogP contribution in [0.2, 0.25) is 0 Å². The first kappa shape index (κ1) is 12.1. The summed E-state index contributed by atoms with van der Waals surface area (Å²) in [6, 6.07) is 10.3. The number of carboxylic acids is 1. The minimum absolute atomic E-state index is 0.224. The number of ether oxygens (including phenoxy) is 1. The van der Waals surface area contributed by atoms with Gasteiger partial charge in [0.1, 0.15) is 0 Å². The number of hydrogen-bond donors (Lipinski definition) is 1. The lowest BCUT2D eigenvalue weighted by molar-refractivity contribution is -0.157. The fourth-order valence-corrected chi connectivity index (χ4v) is 2.11. The highest BCUT2D eigenvalue weighted by Gasteiger charge is 2.29. The average molecular weight is 235 g/mol. The van der Waals surface area contributed by atoms with E-state index in [9.17, 15) is 4.79 Å². The van der Waals surface area contributed by atoms with Crippen LogP contribution in [0, 0.1) is 0 Å². The Balaban J connectivity index is 2.05. The first-order chi connectivity index (χ1) is 8.18. The van der Waals surface area contributed by atoms with Gasteiger partial charge in [0.25, 0.3) is 0 Å². The Kier molecular flexibility index (Phi) is 3.76. The van der Waals surface area contributed by atoms with Crippen LogP contribution in [0.1, 0.15) is 18.5 Å².